The molecule has 3 aliphatic heterocycles. The van der Waals surface area contributed by atoms with E-state index in [-0.39, 0.29) is 17.7 Å². The fourth-order valence-electron chi connectivity index (χ4n) is 4.28. The highest BCUT2D eigenvalue weighted by Gasteiger charge is 2.42. The van der Waals surface area contributed by atoms with Crippen molar-refractivity contribution in [2.75, 3.05) is 29.9 Å². The molecule has 0 aliphatic carbocycles. The molecule has 3 aliphatic rings. The molecule has 2 amide bonds. The molecule has 5 nitrogen and oxygen atoms in total. The maximum Gasteiger partial charge on any atom is 0.254 e. The van der Waals surface area contributed by atoms with Gasteiger partial charge in [-0.25, -0.2) is 0 Å². The van der Waals surface area contributed by atoms with Crippen LogP contribution in [0.25, 0.3) is 0 Å². The van der Waals surface area contributed by atoms with Crippen LogP contribution in [0, 0.1) is 12.8 Å². The van der Waals surface area contributed by atoms with Gasteiger partial charge in [0.2, 0.25) is 5.91 Å². The highest BCUT2D eigenvalue weighted by atomic mass is 32.2. The molecule has 3 heterocycles. The molecule has 3 saturated heterocycles. The quantitative estimate of drug-likeness (QED) is 0.869. The van der Waals surface area contributed by atoms with Gasteiger partial charge in [-0.1, -0.05) is 6.07 Å². The van der Waals surface area contributed by atoms with Crippen LogP contribution in [0.2, 0.25) is 0 Å². The van der Waals surface area contributed by atoms with Crippen molar-refractivity contribution in [3.63, 3.8) is 0 Å². The zero-order valence-electron chi connectivity index (χ0n) is 14.6. The fraction of sp³-hybridized carbons (Fsp3) is 0.579. The molecule has 0 unspecified atom stereocenters. The van der Waals surface area contributed by atoms with E-state index in [2.05, 4.69) is 10.6 Å². The number of benzene rings is 1. The number of amides is 2. The highest BCUT2D eigenvalue weighted by Crippen LogP contribution is 2.34. The lowest BCUT2D eigenvalue weighted by molar-refractivity contribution is -0.120. The van der Waals surface area contributed by atoms with Gasteiger partial charge in [-0.2, -0.15) is 11.8 Å². The Morgan fingerprint density at radius 1 is 1.24 bits per heavy atom. The summed E-state index contributed by atoms with van der Waals surface area (Å²) in [5.74, 6) is 2.21. The van der Waals surface area contributed by atoms with E-state index < -0.39 is 0 Å². The monoisotopic (exact) mass is 359 g/mol. The van der Waals surface area contributed by atoms with Crippen molar-refractivity contribution >= 4 is 29.3 Å². The molecule has 1 aromatic rings. The van der Waals surface area contributed by atoms with E-state index in [0.717, 1.165) is 48.7 Å². The average Bonchev–Trinajstić information content (AvgIpc) is 3.27. The molecular weight excluding hydrogens is 334 g/mol. The number of anilines is 1. The van der Waals surface area contributed by atoms with E-state index in [0.29, 0.717) is 17.6 Å². The van der Waals surface area contributed by atoms with E-state index in [1.165, 1.54) is 6.42 Å². The smallest absolute Gasteiger partial charge is 0.254 e. The minimum Gasteiger partial charge on any atom is -0.337 e. The molecule has 0 spiro atoms. The Hall–Kier alpha value is -1.53. The summed E-state index contributed by atoms with van der Waals surface area (Å²) in [6.07, 6.45) is 3.21. The van der Waals surface area contributed by atoms with Gasteiger partial charge < -0.3 is 15.5 Å². The summed E-state index contributed by atoms with van der Waals surface area (Å²) in [5.41, 5.74) is 2.34. The molecule has 6 heteroatoms. The third-order valence-corrected chi connectivity index (χ3v) is 6.70. The van der Waals surface area contributed by atoms with Crippen LogP contribution < -0.4 is 10.6 Å². The number of nitrogens with one attached hydrogen (secondary N) is 2. The second-order valence-electron chi connectivity index (χ2n) is 7.26. The highest BCUT2D eigenvalue weighted by molar-refractivity contribution is 7.99. The summed E-state index contributed by atoms with van der Waals surface area (Å²) in [6.45, 7) is 3.53. The van der Waals surface area contributed by atoms with E-state index in [1.54, 1.807) is 0 Å². The van der Waals surface area contributed by atoms with Gasteiger partial charge in [0.1, 0.15) is 0 Å². The Kier molecular flexibility index (Phi) is 4.73. The number of nitrogens with zero attached hydrogens (tertiary/aromatic N) is 1. The van der Waals surface area contributed by atoms with Crippen molar-refractivity contribution in [3.05, 3.63) is 29.3 Å². The summed E-state index contributed by atoms with van der Waals surface area (Å²) >= 11 is 1.89. The Bertz CT molecular complexity index is 687. The van der Waals surface area contributed by atoms with Crippen molar-refractivity contribution < 1.29 is 9.59 Å². The maximum absolute atomic E-state index is 12.8. The van der Waals surface area contributed by atoms with Crippen LogP contribution in [0.5, 0.6) is 0 Å². The van der Waals surface area contributed by atoms with Crippen LogP contribution in [0.15, 0.2) is 18.2 Å². The molecule has 0 aromatic heterocycles. The zero-order chi connectivity index (χ0) is 17.4. The second kappa shape index (κ2) is 7.00. The van der Waals surface area contributed by atoms with Gasteiger partial charge in [0.05, 0.1) is 5.92 Å². The van der Waals surface area contributed by atoms with Crippen molar-refractivity contribution in [1.82, 2.24) is 10.2 Å². The standard InChI is InChI=1S/C19H25N3O2S/c1-12-14(19(24)22-7-9-25-10-8-22)3-2-4-16(12)21-18(23)15-11-13-5-6-17(15)20-13/h2-4,13,15,17,20H,5-11H2,1H3,(H,21,23)/t13-,15+,17+/m0/s1. The first-order valence-corrected chi connectivity index (χ1v) is 10.3. The van der Waals surface area contributed by atoms with Gasteiger partial charge in [0, 0.05) is 47.9 Å². The SMILES string of the molecule is Cc1c(NC(=O)[C@@H]2C[C@@H]3CC[C@H]2N3)cccc1C(=O)N1CCSCC1. The Morgan fingerprint density at radius 2 is 2.04 bits per heavy atom. The van der Waals surface area contributed by atoms with Gasteiger partial charge in [-0.05, 0) is 43.9 Å². The Balaban J connectivity index is 1.49. The third kappa shape index (κ3) is 3.29. The topological polar surface area (TPSA) is 61.4 Å². The van der Waals surface area contributed by atoms with Crippen molar-refractivity contribution in [2.24, 2.45) is 5.92 Å². The number of carbonyl (C=O) groups excluding carboxylic acids is 2. The fourth-order valence-corrected chi connectivity index (χ4v) is 5.18. The first-order chi connectivity index (χ1) is 12.1. The van der Waals surface area contributed by atoms with Crippen molar-refractivity contribution in [1.29, 1.82) is 0 Å². The van der Waals surface area contributed by atoms with Crippen LogP contribution in [0.3, 0.4) is 0 Å². The number of carbonyl (C=O) groups is 2. The predicted octanol–water partition coefficient (Wildman–Crippen LogP) is 2.26. The number of thioether (sulfide) groups is 1. The molecule has 134 valence electrons. The molecule has 3 fully saturated rings. The third-order valence-electron chi connectivity index (χ3n) is 5.76. The van der Waals surface area contributed by atoms with Crippen LogP contribution in [-0.2, 0) is 4.79 Å². The van der Waals surface area contributed by atoms with E-state index in [4.69, 9.17) is 0 Å². The molecule has 25 heavy (non-hydrogen) atoms. The Labute approximate surface area is 152 Å². The molecular formula is C19H25N3O2S. The predicted molar refractivity (Wildman–Crippen MR) is 101 cm³/mol. The molecule has 0 saturated carbocycles. The summed E-state index contributed by atoms with van der Waals surface area (Å²) in [4.78, 5) is 27.4. The molecule has 2 N–H and O–H groups in total. The molecule has 3 atom stereocenters. The molecule has 1 aromatic carbocycles. The Morgan fingerprint density at radius 3 is 2.72 bits per heavy atom. The van der Waals surface area contributed by atoms with Crippen LogP contribution in [0.1, 0.15) is 35.2 Å². The van der Waals surface area contributed by atoms with E-state index >= 15 is 0 Å². The maximum atomic E-state index is 12.8. The van der Waals surface area contributed by atoms with E-state index in [1.807, 2.05) is 41.8 Å². The minimum absolute atomic E-state index is 0.0524. The lowest BCUT2D eigenvalue weighted by Gasteiger charge is -2.27. The van der Waals surface area contributed by atoms with E-state index in [9.17, 15) is 9.59 Å². The molecule has 4 rings (SSSR count). The number of rotatable bonds is 3. The normalized spacial score (nSPS) is 28.2. The first kappa shape index (κ1) is 16.9. The van der Waals surface area contributed by atoms with Gasteiger partial charge in [0.15, 0.2) is 0 Å². The summed E-state index contributed by atoms with van der Waals surface area (Å²) in [7, 11) is 0. The summed E-state index contributed by atoms with van der Waals surface area (Å²) in [5, 5.41) is 6.59. The average molecular weight is 359 g/mol. The van der Waals surface area contributed by atoms with Gasteiger partial charge >= 0.3 is 0 Å². The van der Waals surface area contributed by atoms with Crippen LogP contribution in [0.4, 0.5) is 5.69 Å². The first-order valence-electron chi connectivity index (χ1n) is 9.17. The van der Waals surface area contributed by atoms with Gasteiger partial charge in [-0.15, -0.1) is 0 Å². The number of hydrogen-bond donors (Lipinski definition) is 2. The summed E-state index contributed by atoms with van der Waals surface area (Å²) in [6, 6.07) is 6.46. The largest absolute Gasteiger partial charge is 0.337 e. The van der Waals surface area contributed by atoms with Gasteiger partial charge in [0.25, 0.3) is 5.91 Å². The molecule has 0 radical (unpaired) electrons. The van der Waals surface area contributed by atoms with Crippen molar-refractivity contribution in [3.8, 4) is 0 Å². The number of fused-ring (bicyclic) bond motifs is 2. The van der Waals surface area contributed by atoms with Gasteiger partial charge in [-0.3, -0.25) is 9.59 Å². The minimum atomic E-state index is 0.0524. The van der Waals surface area contributed by atoms with Crippen LogP contribution in [-0.4, -0.2) is 53.4 Å². The second-order valence-corrected chi connectivity index (χ2v) is 8.49. The lowest BCUT2D eigenvalue weighted by Crippen LogP contribution is -2.38. The zero-order valence-corrected chi connectivity index (χ0v) is 15.4. The molecule has 2 bridgehead atoms. The van der Waals surface area contributed by atoms with Crippen molar-refractivity contribution in [2.45, 2.75) is 38.3 Å². The summed E-state index contributed by atoms with van der Waals surface area (Å²) < 4.78 is 0. The van der Waals surface area contributed by atoms with Crippen LogP contribution >= 0.6 is 11.8 Å². The number of hydrogen-bond acceptors (Lipinski definition) is 4. The lowest BCUT2D eigenvalue weighted by atomic mass is 9.88.